The fraction of sp³-hybridized carbons (Fsp3) is 0.222. The molecule has 7 heteroatoms. The molecule has 0 heterocycles. The van der Waals surface area contributed by atoms with Crippen molar-refractivity contribution in [3.05, 3.63) is 28.7 Å². The van der Waals surface area contributed by atoms with Crippen molar-refractivity contribution in [2.75, 3.05) is 11.9 Å². The summed E-state index contributed by atoms with van der Waals surface area (Å²) in [6, 6.07) is 7.03. The van der Waals surface area contributed by atoms with Crippen molar-refractivity contribution < 1.29 is 9.53 Å². The molecule has 0 atom stereocenters. The zero-order chi connectivity index (χ0) is 12.2. The zero-order valence-corrected chi connectivity index (χ0v) is 11.7. The van der Waals surface area contributed by atoms with Crippen LogP contribution >= 0.6 is 50.7 Å². The van der Waals surface area contributed by atoms with Crippen molar-refractivity contribution in [1.29, 1.82) is 0 Å². The third kappa shape index (κ3) is 5.80. The lowest BCUT2D eigenvalue weighted by molar-refractivity contribution is 0.164. The van der Waals surface area contributed by atoms with Gasteiger partial charge in [-0.15, -0.1) is 0 Å². The molecule has 0 aliphatic carbocycles. The Hall–Kier alpha value is -0.160. The number of ether oxygens (including phenoxy) is 1. The molecule has 1 N–H and O–H groups in total. The number of alkyl halides is 3. The molecule has 3 nitrogen and oxygen atoms in total. The van der Waals surface area contributed by atoms with E-state index in [1.165, 1.54) is 0 Å². The predicted octanol–water partition coefficient (Wildman–Crippen LogP) is 4.37. The minimum Gasteiger partial charge on any atom is -0.445 e. The molecule has 0 aromatic heterocycles. The molecular formula is C9H7BrCl3NO2. The average Bonchev–Trinajstić information content (AvgIpc) is 2.14. The van der Waals surface area contributed by atoms with Gasteiger partial charge in [-0.05, 0) is 18.2 Å². The molecule has 1 aromatic carbocycles. The van der Waals surface area contributed by atoms with Crippen LogP contribution in [0.4, 0.5) is 10.5 Å². The van der Waals surface area contributed by atoms with Crippen molar-refractivity contribution in [1.82, 2.24) is 0 Å². The highest BCUT2D eigenvalue weighted by Gasteiger charge is 2.22. The van der Waals surface area contributed by atoms with Crippen LogP contribution in [0.15, 0.2) is 28.7 Å². The van der Waals surface area contributed by atoms with Gasteiger partial charge in [0.1, 0.15) is 6.61 Å². The molecule has 0 saturated carbocycles. The Morgan fingerprint density at radius 3 is 2.69 bits per heavy atom. The minimum atomic E-state index is -1.60. The lowest BCUT2D eigenvalue weighted by Crippen LogP contribution is -2.21. The number of anilines is 1. The number of hydrogen-bond acceptors (Lipinski definition) is 2. The van der Waals surface area contributed by atoms with Crippen LogP contribution in [0.5, 0.6) is 0 Å². The second kappa shape index (κ2) is 5.96. The van der Waals surface area contributed by atoms with E-state index in [-0.39, 0.29) is 6.61 Å². The van der Waals surface area contributed by atoms with Gasteiger partial charge in [0.2, 0.25) is 3.79 Å². The first-order valence-electron chi connectivity index (χ1n) is 4.13. The monoisotopic (exact) mass is 345 g/mol. The number of amides is 1. The largest absolute Gasteiger partial charge is 0.445 e. The summed E-state index contributed by atoms with van der Waals surface area (Å²) in [6.07, 6.45) is -0.676. The quantitative estimate of drug-likeness (QED) is 0.807. The summed E-state index contributed by atoms with van der Waals surface area (Å²) in [5.41, 5.74) is 0.587. The Bertz CT molecular complexity index is 381. The molecule has 1 amide bonds. The van der Waals surface area contributed by atoms with Gasteiger partial charge in [0.05, 0.1) is 0 Å². The molecule has 0 spiro atoms. The van der Waals surface area contributed by atoms with Gasteiger partial charge in [-0.3, -0.25) is 5.32 Å². The zero-order valence-electron chi connectivity index (χ0n) is 7.84. The number of benzene rings is 1. The number of hydrogen-bond donors (Lipinski definition) is 1. The fourth-order valence-electron chi connectivity index (χ4n) is 0.868. The van der Waals surface area contributed by atoms with E-state index in [4.69, 9.17) is 34.8 Å². The summed E-state index contributed by atoms with van der Waals surface area (Å²) in [4.78, 5) is 11.2. The summed E-state index contributed by atoms with van der Waals surface area (Å²) in [5, 5.41) is 2.49. The number of rotatable bonds is 2. The Morgan fingerprint density at radius 2 is 2.12 bits per heavy atom. The molecule has 1 aromatic rings. The first-order chi connectivity index (χ1) is 7.37. The van der Waals surface area contributed by atoms with Crippen molar-refractivity contribution in [2.45, 2.75) is 3.79 Å². The number of carbonyl (C=O) groups is 1. The maximum absolute atomic E-state index is 11.2. The Labute approximate surface area is 116 Å². The second-order valence-electron chi connectivity index (χ2n) is 2.83. The molecule has 0 radical (unpaired) electrons. The van der Waals surface area contributed by atoms with E-state index in [0.29, 0.717) is 5.69 Å². The number of nitrogens with one attached hydrogen (secondary N) is 1. The van der Waals surface area contributed by atoms with Gasteiger partial charge in [0.15, 0.2) is 0 Å². The molecule has 0 saturated heterocycles. The maximum atomic E-state index is 11.2. The Balaban J connectivity index is 2.46. The number of halogens is 4. The minimum absolute atomic E-state index is 0.308. The number of carbonyl (C=O) groups excluding carboxylic acids is 1. The van der Waals surface area contributed by atoms with Crippen molar-refractivity contribution in [3.8, 4) is 0 Å². The molecule has 88 valence electrons. The van der Waals surface area contributed by atoms with Gasteiger partial charge in [-0.2, -0.15) is 0 Å². The molecule has 0 bridgehead atoms. The molecule has 0 aliphatic heterocycles. The van der Waals surface area contributed by atoms with Crippen LogP contribution in [0.2, 0.25) is 0 Å². The highest BCUT2D eigenvalue weighted by molar-refractivity contribution is 9.10. The van der Waals surface area contributed by atoms with Crippen molar-refractivity contribution >= 4 is 62.5 Å². The Kier molecular flexibility index (Phi) is 5.18. The first-order valence-corrected chi connectivity index (χ1v) is 6.05. The summed E-state index contributed by atoms with van der Waals surface area (Å²) in [6.45, 7) is -0.308. The van der Waals surface area contributed by atoms with E-state index in [1.807, 2.05) is 6.07 Å². The van der Waals surface area contributed by atoms with Crippen LogP contribution < -0.4 is 5.32 Å². The van der Waals surface area contributed by atoms with Gasteiger partial charge in [-0.1, -0.05) is 56.8 Å². The van der Waals surface area contributed by atoms with E-state index in [1.54, 1.807) is 18.2 Å². The summed E-state index contributed by atoms with van der Waals surface area (Å²) < 4.78 is 3.93. The molecular weight excluding hydrogens is 340 g/mol. The normalized spacial score (nSPS) is 11.0. The van der Waals surface area contributed by atoms with E-state index in [9.17, 15) is 4.79 Å². The van der Waals surface area contributed by atoms with Crippen LogP contribution in [0.3, 0.4) is 0 Å². The standard InChI is InChI=1S/C9H7BrCl3NO2/c10-6-2-1-3-7(4-6)14-8(15)16-5-9(11,12)13/h1-4H,5H2,(H,14,15). The highest BCUT2D eigenvalue weighted by Crippen LogP contribution is 2.26. The van der Waals surface area contributed by atoms with E-state index >= 15 is 0 Å². The molecule has 0 aliphatic rings. The smallest absolute Gasteiger partial charge is 0.411 e. The lowest BCUT2D eigenvalue weighted by atomic mass is 10.3. The van der Waals surface area contributed by atoms with E-state index < -0.39 is 9.89 Å². The maximum Gasteiger partial charge on any atom is 0.411 e. The highest BCUT2D eigenvalue weighted by atomic mass is 79.9. The van der Waals surface area contributed by atoms with E-state index in [2.05, 4.69) is 26.0 Å². The van der Waals surface area contributed by atoms with Gasteiger partial charge in [0.25, 0.3) is 0 Å². The Morgan fingerprint density at radius 1 is 1.44 bits per heavy atom. The summed E-state index contributed by atoms with van der Waals surface area (Å²) in [7, 11) is 0. The van der Waals surface area contributed by atoms with Crippen molar-refractivity contribution in [2.24, 2.45) is 0 Å². The topological polar surface area (TPSA) is 38.3 Å². The fourth-order valence-corrected chi connectivity index (χ4v) is 1.43. The van der Waals surface area contributed by atoms with Crippen LogP contribution in [-0.4, -0.2) is 16.5 Å². The van der Waals surface area contributed by atoms with Gasteiger partial charge < -0.3 is 4.74 Å². The average molecular weight is 347 g/mol. The van der Waals surface area contributed by atoms with E-state index in [0.717, 1.165) is 4.47 Å². The van der Waals surface area contributed by atoms with Crippen LogP contribution in [0.25, 0.3) is 0 Å². The first kappa shape index (κ1) is 13.9. The van der Waals surface area contributed by atoms with Gasteiger partial charge in [0, 0.05) is 10.2 Å². The second-order valence-corrected chi connectivity index (χ2v) is 6.26. The SMILES string of the molecule is O=C(Nc1cccc(Br)c1)OCC(Cl)(Cl)Cl. The lowest BCUT2D eigenvalue weighted by Gasteiger charge is -2.12. The molecule has 0 unspecified atom stereocenters. The predicted molar refractivity (Wildman–Crippen MR) is 69.4 cm³/mol. The van der Waals surface area contributed by atoms with Gasteiger partial charge in [-0.25, -0.2) is 4.79 Å². The third-order valence-electron chi connectivity index (χ3n) is 1.44. The molecule has 16 heavy (non-hydrogen) atoms. The summed E-state index contributed by atoms with van der Waals surface area (Å²) in [5.74, 6) is 0. The summed E-state index contributed by atoms with van der Waals surface area (Å²) >= 11 is 19.5. The molecule has 1 rings (SSSR count). The van der Waals surface area contributed by atoms with Crippen molar-refractivity contribution in [3.63, 3.8) is 0 Å². The third-order valence-corrected chi connectivity index (χ3v) is 2.26. The van der Waals surface area contributed by atoms with Crippen LogP contribution in [0, 0.1) is 0 Å². The van der Waals surface area contributed by atoms with Crippen LogP contribution in [0.1, 0.15) is 0 Å². The molecule has 0 fully saturated rings. The van der Waals surface area contributed by atoms with Gasteiger partial charge >= 0.3 is 6.09 Å². The van der Waals surface area contributed by atoms with Crippen LogP contribution in [-0.2, 0) is 4.74 Å².